The van der Waals surface area contributed by atoms with Crippen LogP contribution in [0.5, 0.6) is 0 Å². The van der Waals surface area contributed by atoms with Gasteiger partial charge in [-0.05, 0) is 20.3 Å². The molecular weight excluding hydrogens is 232 g/mol. The van der Waals surface area contributed by atoms with Crippen LogP contribution in [0.4, 0.5) is 0 Å². The van der Waals surface area contributed by atoms with Crippen LogP contribution >= 0.6 is 0 Å². The van der Waals surface area contributed by atoms with Gasteiger partial charge >= 0.3 is 5.97 Å². The summed E-state index contributed by atoms with van der Waals surface area (Å²) < 4.78 is 10.5. The third-order valence-corrected chi connectivity index (χ3v) is 3.93. The van der Waals surface area contributed by atoms with Crippen LogP contribution in [0.1, 0.15) is 20.3 Å². The molecule has 2 atom stereocenters. The summed E-state index contributed by atoms with van der Waals surface area (Å²) in [7, 11) is 0. The monoisotopic (exact) mass is 256 g/mol. The third kappa shape index (κ3) is 3.22. The number of esters is 1. The topological polar surface area (TPSA) is 42.0 Å². The molecule has 0 saturated carbocycles. The molecule has 18 heavy (non-hydrogen) atoms. The molecule has 2 rings (SSSR count). The number of carbonyl (C=O) groups is 1. The van der Waals surface area contributed by atoms with Gasteiger partial charge in [0, 0.05) is 32.2 Å². The third-order valence-electron chi connectivity index (χ3n) is 3.93. The minimum absolute atomic E-state index is 0.0971. The minimum atomic E-state index is -0.115. The zero-order chi connectivity index (χ0) is 13.0. The van der Waals surface area contributed by atoms with E-state index < -0.39 is 0 Å². The Morgan fingerprint density at radius 3 is 2.78 bits per heavy atom. The van der Waals surface area contributed by atoms with Crippen LogP contribution in [0.25, 0.3) is 0 Å². The maximum atomic E-state index is 11.7. The molecule has 0 spiro atoms. The molecule has 0 aromatic rings. The summed E-state index contributed by atoms with van der Waals surface area (Å²) in [4.78, 5) is 16.4. The molecule has 0 radical (unpaired) electrons. The van der Waals surface area contributed by atoms with Crippen LogP contribution in [0.15, 0.2) is 0 Å². The van der Waals surface area contributed by atoms with Crippen molar-refractivity contribution in [2.24, 2.45) is 0 Å². The molecule has 0 N–H and O–H groups in total. The van der Waals surface area contributed by atoms with Crippen molar-refractivity contribution in [2.45, 2.75) is 32.4 Å². The molecule has 104 valence electrons. The van der Waals surface area contributed by atoms with Gasteiger partial charge in [0.1, 0.15) is 6.04 Å². The summed E-state index contributed by atoms with van der Waals surface area (Å²) in [5, 5.41) is 0. The van der Waals surface area contributed by atoms with E-state index in [1.807, 2.05) is 13.8 Å². The number of likely N-dealkylation sites (tertiary alicyclic amines) is 1. The van der Waals surface area contributed by atoms with Crippen molar-refractivity contribution < 1.29 is 14.3 Å². The van der Waals surface area contributed by atoms with Crippen LogP contribution in [-0.2, 0) is 14.3 Å². The molecule has 5 heteroatoms. The molecule has 2 heterocycles. The second kappa shape index (κ2) is 6.50. The second-order valence-electron chi connectivity index (χ2n) is 5.01. The van der Waals surface area contributed by atoms with E-state index in [0.717, 1.165) is 45.8 Å². The van der Waals surface area contributed by atoms with Crippen LogP contribution in [-0.4, -0.2) is 73.9 Å². The van der Waals surface area contributed by atoms with Crippen molar-refractivity contribution in [1.29, 1.82) is 0 Å². The Bertz CT molecular complexity index is 279. The zero-order valence-electron chi connectivity index (χ0n) is 11.4. The molecule has 0 aliphatic carbocycles. The maximum Gasteiger partial charge on any atom is 0.323 e. The highest BCUT2D eigenvalue weighted by Crippen LogP contribution is 2.19. The van der Waals surface area contributed by atoms with Crippen LogP contribution in [0.2, 0.25) is 0 Å². The summed E-state index contributed by atoms with van der Waals surface area (Å²) in [5.41, 5.74) is 0. The Kier molecular flexibility index (Phi) is 4.97. The van der Waals surface area contributed by atoms with Crippen molar-refractivity contribution in [3.8, 4) is 0 Å². The normalized spacial score (nSPS) is 28.2. The number of ether oxygens (including phenoxy) is 2. The van der Waals surface area contributed by atoms with Gasteiger partial charge in [-0.2, -0.15) is 0 Å². The highest BCUT2D eigenvalue weighted by atomic mass is 16.5. The summed E-state index contributed by atoms with van der Waals surface area (Å²) in [6.45, 7) is 9.93. The lowest BCUT2D eigenvalue weighted by Gasteiger charge is -2.32. The molecular formula is C13H24N2O3. The molecule has 2 aliphatic rings. The predicted octanol–water partition coefficient (Wildman–Crippen LogP) is 0.345. The molecule has 2 saturated heterocycles. The fraction of sp³-hybridized carbons (Fsp3) is 0.923. The van der Waals surface area contributed by atoms with Gasteiger partial charge in [0.05, 0.1) is 19.8 Å². The van der Waals surface area contributed by atoms with E-state index in [4.69, 9.17) is 9.47 Å². The summed E-state index contributed by atoms with van der Waals surface area (Å²) in [6, 6.07) is 0.460. The number of rotatable bonds is 4. The zero-order valence-corrected chi connectivity index (χ0v) is 11.4. The van der Waals surface area contributed by atoms with Gasteiger partial charge in [0.25, 0.3) is 0 Å². The molecule has 0 aromatic heterocycles. The molecule has 5 nitrogen and oxygen atoms in total. The first kappa shape index (κ1) is 13.8. The molecule has 0 amide bonds. The van der Waals surface area contributed by atoms with Crippen molar-refractivity contribution in [1.82, 2.24) is 9.80 Å². The SMILES string of the molecule is CCOC(=O)C(C)N1CCC(N2CCOCC2)C1. The summed E-state index contributed by atoms with van der Waals surface area (Å²) in [5.74, 6) is -0.0971. The molecule has 2 aliphatic heterocycles. The van der Waals surface area contributed by atoms with Gasteiger partial charge in [-0.15, -0.1) is 0 Å². The Morgan fingerprint density at radius 2 is 2.11 bits per heavy atom. The van der Waals surface area contributed by atoms with Crippen molar-refractivity contribution in [2.75, 3.05) is 46.0 Å². The van der Waals surface area contributed by atoms with Crippen LogP contribution < -0.4 is 0 Å². The van der Waals surface area contributed by atoms with Gasteiger partial charge in [0.2, 0.25) is 0 Å². The van der Waals surface area contributed by atoms with Crippen molar-refractivity contribution in [3.63, 3.8) is 0 Å². The average Bonchev–Trinajstić information content (AvgIpc) is 2.89. The van der Waals surface area contributed by atoms with Gasteiger partial charge in [-0.25, -0.2) is 0 Å². The molecule has 0 aromatic carbocycles. The quantitative estimate of drug-likeness (QED) is 0.679. The Balaban J connectivity index is 1.81. The first-order chi connectivity index (χ1) is 8.72. The summed E-state index contributed by atoms with van der Waals surface area (Å²) >= 11 is 0. The lowest BCUT2D eigenvalue weighted by molar-refractivity contribution is -0.148. The average molecular weight is 256 g/mol. The van der Waals surface area contributed by atoms with E-state index in [2.05, 4.69) is 9.80 Å². The van der Waals surface area contributed by atoms with E-state index in [9.17, 15) is 4.79 Å². The first-order valence-corrected chi connectivity index (χ1v) is 6.95. The highest BCUT2D eigenvalue weighted by Gasteiger charge is 2.33. The Labute approximate surface area is 109 Å². The highest BCUT2D eigenvalue weighted by molar-refractivity contribution is 5.75. The van der Waals surface area contributed by atoms with Crippen LogP contribution in [0, 0.1) is 0 Å². The summed E-state index contributed by atoms with van der Waals surface area (Å²) in [6.07, 6.45) is 1.14. The van der Waals surface area contributed by atoms with E-state index in [1.165, 1.54) is 0 Å². The number of morpholine rings is 1. The van der Waals surface area contributed by atoms with Gasteiger partial charge in [0.15, 0.2) is 0 Å². The second-order valence-corrected chi connectivity index (χ2v) is 5.01. The number of hydrogen-bond donors (Lipinski definition) is 0. The Morgan fingerprint density at radius 1 is 1.39 bits per heavy atom. The molecule has 0 bridgehead atoms. The minimum Gasteiger partial charge on any atom is -0.465 e. The van der Waals surface area contributed by atoms with E-state index in [0.29, 0.717) is 12.6 Å². The Hall–Kier alpha value is -0.650. The molecule has 2 unspecified atom stereocenters. The van der Waals surface area contributed by atoms with Crippen molar-refractivity contribution >= 4 is 5.97 Å². The van der Waals surface area contributed by atoms with Gasteiger partial charge < -0.3 is 9.47 Å². The van der Waals surface area contributed by atoms with E-state index >= 15 is 0 Å². The predicted molar refractivity (Wildman–Crippen MR) is 68.5 cm³/mol. The number of carbonyl (C=O) groups excluding carboxylic acids is 1. The number of nitrogens with zero attached hydrogens (tertiary/aromatic N) is 2. The van der Waals surface area contributed by atoms with Gasteiger partial charge in [-0.1, -0.05) is 0 Å². The smallest absolute Gasteiger partial charge is 0.323 e. The standard InChI is InChI=1S/C13H24N2O3/c1-3-18-13(16)11(2)15-5-4-12(10-15)14-6-8-17-9-7-14/h11-12H,3-10H2,1-2H3. The molecule has 2 fully saturated rings. The largest absolute Gasteiger partial charge is 0.465 e. The van der Waals surface area contributed by atoms with Crippen molar-refractivity contribution in [3.05, 3.63) is 0 Å². The lowest BCUT2D eigenvalue weighted by Crippen LogP contribution is -2.46. The lowest BCUT2D eigenvalue weighted by atomic mass is 10.2. The fourth-order valence-corrected chi connectivity index (χ4v) is 2.77. The first-order valence-electron chi connectivity index (χ1n) is 6.95. The van der Waals surface area contributed by atoms with Gasteiger partial charge in [-0.3, -0.25) is 14.6 Å². The van der Waals surface area contributed by atoms with Crippen LogP contribution in [0.3, 0.4) is 0 Å². The van der Waals surface area contributed by atoms with E-state index in [-0.39, 0.29) is 12.0 Å². The fourth-order valence-electron chi connectivity index (χ4n) is 2.77. The maximum absolute atomic E-state index is 11.7. The number of hydrogen-bond acceptors (Lipinski definition) is 5. The van der Waals surface area contributed by atoms with E-state index in [1.54, 1.807) is 0 Å².